The summed E-state index contributed by atoms with van der Waals surface area (Å²) in [5.74, 6) is 0.195. The van der Waals surface area contributed by atoms with Crippen LogP contribution in [-0.2, 0) is 21.4 Å². The van der Waals surface area contributed by atoms with Crippen molar-refractivity contribution < 1.29 is 17.6 Å². The van der Waals surface area contributed by atoms with E-state index >= 15 is 0 Å². The third kappa shape index (κ3) is 5.16. The van der Waals surface area contributed by atoms with E-state index in [1.807, 2.05) is 0 Å². The van der Waals surface area contributed by atoms with Crippen LogP contribution in [0, 0.1) is 0 Å². The van der Waals surface area contributed by atoms with Crippen molar-refractivity contribution in [1.29, 1.82) is 0 Å². The number of hydrogen-bond acceptors (Lipinski definition) is 5. The van der Waals surface area contributed by atoms with Crippen LogP contribution in [0.3, 0.4) is 0 Å². The molecule has 0 aliphatic rings. The quantitative estimate of drug-likeness (QED) is 0.706. The number of furan rings is 1. The fourth-order valence-electron chi connectivity index (χ4n) is 1.73. The largest absolute Gasteiger partial charge is 0.468 e. The number of benzene rings is 1. The van der Waals surface area contributed by atoms with Gasteiger partial charge in [0.2, 0.25) is 15.9 Å². The summed E-state index contributed by atoms with van der Waals surface area (Å²) in [4.78, 5) is 11.0. The molecule has 0 atom stereocenters. The molecule has 2 aromatic rings. The summed E-state index contributed by atoms with van der Waals surface area (Å²) in [6.45, 7) is 1.38. The van der Waals surface area contributed by atoms with Crippen molar-refractivity contribution in [3.8, 4) is 0 Å². The van der Waals surface area contributed by atoms with Gasteiger partial charge in [0.25, 0.3) is 0 Å². The van der Waals surface area contributed by atoms with Gasteiger partial charge in [0, 0.05) is 12.6 Å². The fraction of sp³-hybridized carbons (Fsp3) is 0.143. The van der Waals surface area contributed by atoms with E-state index in [4.69, 9.17) is 16.6 Å². The van der Waals surface area contributed by atoms with Gasteiger partial charge in [-0.1, -0.05) is 6.07 Å². The highest BCUT2D eigenvalue weighted by Gasteiger charge is 2.15. The summed E-state index contributed by atoms with van der Waals surface area (Å²) in [5, 5.41) is 5.23. The van der Waals surface area contributed by atoms with Crippen molar-refractivity contribution in [2.45, 2.75) is 18.4 Å². The number of amides is 1. The molecule has 1 aromatic heterocycles. The van der Waals surface area contributed by atoms with Crippen LogP contribution in [0.5, 0.6) is 0 Å². The van der Waals surface area contributed by atoms with Crippen LogP contribution in [0.15, 0.2) is 52.0 Å². The van der Waals surface area contributed by atoms with Gasteiger partial charge in [-0.05, 0) is 42.5 Å². The summed E-state index contributed by atoms with van der Waals surface area (Å²) in [6, 6.07) is 9.43. The molecule has 0 radical (unpaired) electrons. The van der Waals surface area contributed by atoms with E-state index in [1.165, 1.54) is 25.3 Å². The van der Waals surface area contributed by atoms with Gasteiger partial charge in [0.15, 0.2) is 5.11 Å². The van der Waals surface area contributed by atoms with Gasteiger partial charge >= 0.3 is 0 Å². The summed E-state index contributed by atoms with van der Waals surface area (Å²) < 4.78 is 32.0. The van der Waals surface area contributed by atoms with Crippen LogP contribution in [0.25, 0.3) is 0 Å². The Hall–Kier alpha value is -2.23. The average molecular weight is 353 g/mol. The standard InChI is InChI=1S/C14H15N3O4S2/c1-10(18)16-14(22)17-11-4-2-6-13(8-11)23(19,20)15-9-12-5-3-7-21-12/h2-8,15H,9H2,1H3,(H2,16,17,18,22). The highest BCUT2D eigenvalue weighted by Crippen LogP contribution is 2.16. The number of sulfonamides is 1. The van der Waals surface area contributed by atoms with Crippen molar-refractivity contribution in [2.24, 2.45) is 0 Å². The van der Waals surface area contributed by atoms with Crippen molar-refractivity contribution in [3.05, 3.63) is 48.4 Å². The Bertz CT molecular complexity index is 801. The number of rotatable bonds is 5. The predicted octanol–water partition coefficient (Wildman–Crippen LogP) is 1.59. The van der Waals surface area contributed by atoms with Gasteiger partial charge in [-0.25, -0.2) is 13.1 Å². The highest BCUT2D eigenvalue weighted by atomic mass is 32.2. The molecule has 3 N–H and O–H groups in total. The lowest BCUT2D eigenvalue weighted by Crippen LogP contribution is -2.32. The third-order valence-electron chi connectivity index (χ3n) is 2.71. The summed E-state index contributed by atoms with van der Waals surface area (Å²) in [5.41, 5.74) is 0.449. The second kappa shape index (κ2) is 7.36. The fourth-order valence-corrected chi connectivity index (χ4v) is 3.03. The molecule has 0 aliphatic heterocycles. The van der Waals surface area contributed by atoms with E-state index in [9.17, 15) is 13.2 Å². The molecule has 0 saturated heterocycles. The first-order chi connectivity index (χ1) is 10.9. The van der Waals surface area contributed by atoms with Crippen LogP contribution in [0.4, 0.5) is 5.69 Å². The monoisotopic (exact) mass is 353 g/mol. The normalized spacial score (nSPS) is 11.0. The zero-order valence-corrected chi connectivity index (χ0v) is 13.8. The molecule has 0 spiro atoms. The zero-order valence-electron chi connectivity index (χ0n) is 12.2. The highest BCUT2D eigenvalue weighted by molar-refractivity contribution is 7.89. The maximum atomic E-state index is 12.3. The molecule has 0 bridgehead atoms. The first-order valence-electron chi connectivity index (χ1n) is 6.57. The number of anilines is 1. The molecule has 1 amide bonds. The number of thiocarbonyl (C=S) groups is 1. The van der Waals surface area contributed by atoms with Gasteiger partial charge < -0.3 is 15.1 Å². The molecule has 0 saturated carbocycles. The van der Waals surface area contributed by atoms with E-state index in [0.717, 1.165) is 0 Å². The van der Waals surface area contributed by atoms with Gasteiger partial charge in [-0.3, -0.25) is 4.79 Å². The van der Waals surface area contributed by atoms with E-state index in [-0.39, 0.29) is 22.5 Å². The maximum Gasteiger partial charge on any atom is 0.241 e. The molecule has 0 aliphatic carbocycles. The molecule has 2 rings (SSSR count). The van der Waals surface area contributed by atoms with E-state index in [0.29, 0.717) is 11.4 Å². The molecular weight excluding hydrogens is 338 g/mol. The maximum absolute atomic E-state index is 12.3. The first-order valence-corrected chi connectivity index (χ1v) is 8.46. The van der Waals surface area contributed by atoms with Gasteiger partial charge in [0.1, 0.15) is 5.76 Å². The third-order valence-corrected chi connectivity index (χ3v) is 4.31. The van der Waals surface area contributed by atoms with Crippen LogP contribution < -0.4 is 15.4 Å². The summed E-state index contributed by atoms with van der Waals surface area (Å²) in [6.07, 6.45) is 1.47. The van der Waals surface area contributed by atoms with Crippen LogP contribution in [0.1, 0.15) is 12.7 Å². The molecule has 23 heavy (non-hydrogen) atoms. The van der Waals surface area contributed by atoms with Crippen molar-refractivity contribution in [2.75, 3.05) is 5.32 Å². The number of carbonyl (C=O) groups is 1. The smallest absolute Gasteiger partial charge is 0.241 e. The van der Waals surface area contributed by atoms with E-state index in [2.05, 4.69) is 15.4 Å². The van der Waals surface area contributed by atoms with Crippen LogP contribution in [0.2, 0.25) is 0 Å². The lowest BCUT2D eigenvalue weighted by atomic mass is 10.3. The molecule has 1 heterocycles. The molecule has 122 valence electrons. The van der Waals surface area contributed by atoms with Gasteiger partial charge in [0.05, 0.1) is 17.7 Å². The lowest BCUT2D eigenvalue weighted by Gasteiger charge is -2.10. The second-order valence-electron chi connectivity index (χ2n) is 4.57. The number of carbonyl (C=O) groups excluding carboxylic acids is 1. The topological polar surface area (TPSA) is 100 Å². The SMILES string of the molecule is CC(=O)NC(=S)Nc1cccc(S(=O)(=O)NCc2ccco2)c1. The first kappa shape index (κ1) is 17.1. The number of hydrogen-bond donors (Lipinski definition) is 3. The Balaban J connectivity index is 2.08. The van der Waals surface area contributed by atoms with Crippen LogP contribution in [-0.4, -0.2) is 19.4 Å². The Labute approximate surface area is 139 Å². The van der Waals surface area contributed by atoms with Gasteiger partial charge in [-0.2, -0.15) is 0 Å². The van der Waals surface area contributed by atoms with Gasteiger partial charge in [-0.15, -0.1) is 0 Å². The molecule has 9 heteroatoms. The predicted molar refractivity (Wildman–Crippen MR) is 89.2 cm³/mol. The minimum Gasteiger partial charge on any atom is -0.468 e. The van der Waals surface area contributed by atoms with E-state index < -0.39 is 10.0 Å². The van der Waals surface area contributed by atoms with Crippen molar-refractivity contribution in [3.63, 3.8) is 0 Å². The minimum absolute atomic E-state index is 0.0529. The second-order valence-corrected chi connectivity index (χ2v) is 6.74. The molecule has 0 unspecified atom stereocenters. The molecule has 0 fully saturated rings. The Kier molecular flexibility index (Phi) is 5.48. The molecule has 7 nitrogen and oxygen atoms in total. The summed E-state index contributed by atoms with van der Waals surface area (Å²) in [7, 11) is -3.70. The lowest BCUT2D eigenvalue weighted by molar-refractivity contribution is -0.117. The average Bonchev–Trinajstić information content (AvgIpc) is 2.98. The minimum atomic E-state index is -3.70. The number of nitrogens with one attached hydrogen (secondary N) is 3. The van der Waals surface area contributed by atoms with E-state index in [1.54, 1.807) is 24.3 Å². The van der Waals surface area contributed by atoms with Crippen LogP contribution >= 0.6 is 12.2 Å². The Morgan fingerprint density at radius 2 is 2.04 bits per heavy atom. The molecular formula is C14H15N3O4S2. The Morgan fingerprint density at radius 1 is 1.26 bits per heavy atom. The van der Waals surface area contributed by atoms with Crippen molar-refractivity contribution >= 4 is 38.9 Å². The Morgan fingerprint density at radius 3 is 2.70 bits per heavy atom. The van der Waals surface area contributed by atoms with Crippen molar-refractivity contribution in [1.82, 2.24) is 10.0 Å². The zero-order chi connectivity index (χ0) is 16.9. The molecule has 1 aromatic carbocycles. The summed E-state index contributed by atoms with van der Waals surface area (Å²) >= 11 is 4.93.